The Balaban J connectivity index is 2.15. The zero-order valence-corrected chi connectivity index (χ0v) is 12.6. The van der Waals surface area contributed by atoms with Gasteiger partial charge in [-0.1, -0.05) is 23.7 Å². The van der Waals surface area contributed by atoms with E-state index in [9.17, 15) is 4.79 Å². The second kappa shape index (κ2) is 6.57. The van der Waals surface area contributed by atoms with Crippen LogP contribution >= 0.6 is 11.6 Å². The topological polar surface area (TPSA) is 55.6 Å². The molecule has 20 heavy (non-hydrogen) atoms. The molecule has 0 aromatic heterocycles. The van der Waals surface area contributed by atoms with Crippen LogP contribution in [-0.4, -0.2) is 36.6 Å². The number of carbonyl (C=O) groups excluding carboxylic acids is 1. The van der Waals surface area contributed by atoms with Gasteiger partial charge in [-0.15, -0.1) is 0 Å². The quantitative estimate of drug-likeness (QED) is 0.877. The summed E-state index contributed by atoms with van der Waals surface area (Å²) in [4.78, 5) is 14.4. The molecule has 1 aliphatic carbocycles. The molecule has 0 heterocycles. The van der Waals surface area contributed by atoms with Crippen LogP contribution in [0.3, 0.4) is 0 Å². The summed E-state index contributed by atoms with van der Waals surface area (Å²) in [5.41, 5.74) is 6.97. The third-order valence-electron chi connectivity index (χ3n) is 3.63. The van der Waals surface area contributed by atoms with Crippen molar-refractivity contribution in [3.8, 4) is 0 Å². The lowest BCUT2D eigenvalue weighted by atomic mass is 10.1. The van der Waals surface area contributed by atoms with Crippen molar-refractivity contribution in [2.24, 2.45) is 5.73 Å². The molecule has 1 aromatic rings. The largest absolute Gasteiger partial charge is 0.383 e. The van der Waals surface area contributed by atoms with E-state index in [4.69, 9.17) is 22.1 Å². The molecule has 1 saturated carbocycles. The van der Waals surface area contributed by atoms with Gasteiger partial charge in [0.2, 0.25) is 5.91 Å². The van der Waals surface area contributed by atoms with Gasteiger partial charge in [0.1, 0.15) is 6.04 Å². The van der Waals surface area contributed by atoms with Crippen LogP contribution in [0.5, 0.6) is 0 Å². The Kier molecular flexibility index (Phi) is 5.02. The van der Waals surface area contributed by atoms with Gasteiger partial charge in [0.15, 0.2) is 0 Å². The number of ether oxygens (including phenoxy) is 1. The molecular formula is C15H21ClN2O2. The first kappa shape index (κ1) is 15.3. The summed E-state index contributed by atoms with van der Waals surface area (Å²) in [6.07, 6.45) is 2.09. The highest BCUT2D eigenvalue weighted by Crippen LogP contribution is 2.35. The third kappa shape index (κ3) is 3.51. The summed E-state index contributed by atoms with van der Waals surface area (Å²) in [5.74, 6) is -0.0446. The van der Waals surface area contributed by atoms with Gasteiger partial charge in [0.05, 0.1) is 12.6 Å². The Morgan fingerprint density at radius 2 is 2.05 bits per heavy atom. The molecule has 110 valence electrons. The summed E-state index contributed by atoms with van der Waals surface area (Å²) in [6, 6.07) is 7.30. The number of rotatable bonds is 6. The molecule has 0 spiro atoms. The molecule has 2 atom stereocenters. The number of nitrogens with two attached hydrogens (primary N) is 1. The Labute approximate surface area is 124 Å². The summed E-state index contributed by atoms with van der Waals surface area (Å²) < 4.78 is 4.99. The monoisotopic (exact) mass is 296 g/mol. The van der Waals surface area contributed by atoms with E-state index in [1.807, 2.05) is 36.1 Å². The zero-order valence-electron chi connectivity index (χ0n) is 11.9. The number of methoxy groups -OCH3 is 1. The van der Waals surface area contributed by atoms with E-state index >= 15 is 0 Å². The molecule has 0 saturated heterocycles. The van der Waals surface area contributed by atoms with Gasteiger partial charge in [-0.25, -0.2) is 0 Å². The van der Waals surface area contributed by atoms with Crippen LogP contribution in [0.1, 0.15) is 31.4 Å². The minimum Gasteiger partial charge on any atom is -0.383 e. The Hall–Kier alpha value is -1.10. The fourth-order valence-corrected chi connectivity index (χ4v) is 2.51. The van der Waals surface area contributed by atoms with E-state index in [1.165, 1.54) is 0 Å². The van der Waals surface area contributed by atoms with Gasteiger partial charge >= 0.3 is 0 Å². The average Bonchev–Trinajstić information content (AvgIpc) is 3.24. The number of halogens is 1. The molecule has 0 aliphatic heterocycles. The Morgan fingerprint density at radius 1 is 1.45 bits per heavy atom. The molecule has 0 radical (unpaired) electrons. The first-order valence-corrected chi connectivity index (χ1v) is 7.24. The van der Waals surface area contributed by atoms with Crippen molar-refractivity contribution in [2.45, 2.75) is 37.9 Å². The highest BCUT2D eigenvalue weighted by Gasteiger charge is 2.38. The summed E-state index contributed by atoms with van der Waals surface area (Å²) >= 11 is 5.91. The second-order valence-electron chi connectivity index (χ2n) is 5.27. The molecule has 2 rings (SSSR count). The lowest BCUT2D eigenvalue weighted by molar-refractivity contribution is -0.136. The van der Waals surface area contributed by atoms with Crippen molar-refractivity contribution in [1.29, 1.82) is 0 Å². The molecule has 1 aliphatic rings. The fourth-order valence-electron chi connectivity index (χ4n) is 2.38. The van der Waals surface area contributed by atoms with Gasteiger partial charge < -0.3 is 15.4 Å². The fraction of sp³-hybridized carbons (Fsp3) is 0.533. The van der Waals surface area contributed by atoms with E-state index in [-0.39, 0.29) is 18.6 Å². The van der Waals surface area contributed by atoms with Crippen LogP contribution in [-0.2, 0) is 9.53 Å². The van der Waals surface area contributed by atoms with Crippen LogP contribution in [0.25, 0.3) is 0 Å². The predicted octanol–water partition coefficient (Wildman–Crippen LogP) is 2.37. The van der Waals surface area contributed by atoms with Crippen LogP contribution in [0.15, 0.2) is 24.3 Å². The number of hydrogen-bond acceptors (Lipinski definition) is 3. The van der Waals surface area contributed by atoms with E-state index in [0.29, 0.717) is 11.1 Å². The van der Waals surface area contributed by atoms with E-state index in [0.717, 1.165) is 18.4 Å². The number of amides is 1. The van der Waals surface area contributed by atoms with Crippen molar-refractivity contribution in [3.63, 3.8) is 0 Å². The summed E-state index contributed by atoms with van der Waals surface area (Å²) in [5, 5.41) is 0.696. The Bertz CT molecular complexity index is 459. The second-order valence-corrected chi connectivity index (χ2v) is 5.70. The van der Waals surface area contributed by atoms with Crippen molar-refractivity contribution in [3.05, 3.63) is 34.9 Å². The maximum Gasteiger partial charge on any atom is 0.242 e. The van der Waals surface area contributed by atoms with E-state index < -0.39 is 6.04 Å². The maximum absolute atomic E-state index is 12.5. The van der Waals surface area contributed by atoms with Crippen LogP contribution in [0.4, 0.5) is 0 Å². The lowest BCUT2D eigenvalue weighted by Gasteiger charge is -2.32. The first-order valence-electron chi connectivity index (χ1n) is 6.86. The molecule has 2 unspecified atom stereocenters. The highest BCUT2D eigenvalue weighted by molar-refractivity contribution is 6.30. The normalized spacial score (nSPS) is 17.6. The minimum absolute atomic E-state index is 0.00447. The van der Waals surface area contributed by atoms with Gasteiger partial charge in [-0.05, 0) is 37.5 Å². The Morgan fingerprint density at radius 3 is 2.55 bits per heavy atom. The molecular weight excluding hydrogens is 276 g/mol. The van der Waals surface area contributed by atoms with Gasteiger partial charge in [-0.2, -0.15) is 0 Å². The molecule has 1 fully saturated rings. The maximum atomic E-state index is 12.5. The smallest absolute Gasteiger partial charge is 0.242 e. The number of benzene rings is 1. The minimum atomic E-state index is -0.602. The molecule has 0 bridgehead atoms. The van der Waals surface area contributed by atoms with Crippen molar-refractivity contribution < 1.29 is 9.53 Å². The van der Waals surface area contributed by atoms with Gasteiger partial charge in [0, 0.05) is 18.2 Å². The lowest BCUT2D eigenvalue weighted by Crippen LogP contribution is -2.48. The van der Waals surface area contributed by atoms with Crippen LogP contribution in [0.2, 0.25) is 5.02 Å². The summed E-state index contributed by atoms with van der Waals surface area (Å²) in [7, 11) is 1.55. The average molecular weight is 297 g/mol. The number of nitrogens with zero attached hydrogens (tertiary/aromatic N) is 1. The SMILES string of the molecule is COCC(N)C(=O)N(C1CC1)C(C)c1ccc(Cl)cc1. The highest BCUT2D eigenvalue weighted by atomic mass is 35.5. The van der Waals surface area contributed by atoms with Crippen molar-refractivity contribution >= 4 is 17.5 Å². The van der Waals surface area contributed by atoms with Crippen molar-refractivity contribution in [1.82, 2.24) is 4.90 Å². The molecule has 2 N–H and O–H groups in total. The molecule has 1 amide bonds. The number of carbonyl (C=O) groups is 1. The molecule has 4 nitrogen and oxygen atoms in total. The van der Waals surface area contributed by atoms with Crippen molar-refractivity contribution in [2.75, 3.05) is 13.7 Å². The predicted molar refractivity (Wildman–Crippen MR) is 79.6 cm³/mol. The first-order chi connectivity index (χ1) is 9.54. The van der Waals surface area contributed by atoms with E-state index in [1.54, 1.807) is 7.11 Å². The third-order valence-corrected chi connectivity index (χ3v) is 3.88. The molecule has 1 aromatic carbocycles. The van der Waals surface area contributed by atoms with Gasteiger partial charge in [0.25, 0.3) is 0 Å². The molecule has 5 heteroatoms. The summed E-state index contributed by atoms with van der Waals surface area (Å²) in [6.45, 7) is 2.27. The van der Waals surface area contributed by atoms with Gasteiger partial charge in [-0.3, -0.25) is 4.79 Å². The zero-order chi connectivity index (χ0) is 14.7. The van der Waals surface area contributed by atoms with E-state index in [2.05, 4.69) is 0 Å². The van der Waals surface area contributed by atoms with Crippen LogP contribution in [0, 0.1) is 0 Å². The van der Waals surface area contributed by atoms with Crippen LogP contribution < -0.4 is 5.73 Å². The number of hydrogen-bond donors (Lipinski definition) is 1. The standard InChI is InChI=1S/C15H21ClN2O2/c1-10(11-3-5-12(16)6-4-11)18(13-7-8-13)15(19)14(17)9-20-2/h3-6,10,13-14H,7-9,17H2,1-2H3.